The van der Waals surface area contributed by atoms with Crippen LogP contribution in [0.1, 0.15) is 20.8 Å². The second kappa shape index (κ2) is 4.71. The summed E-state index contributed by atoms with van der Waals surface area (Å²) < 4.78 is 24.3. The Labute approximate surface area is 97.5 Å². The molecule has 1 amide bonds. The minimum atomic E-state index is -3.15. The number of nitrogens with zero attached hydrogens (tertiary/aromatic N) is 2. The van der Waals surface area contributed by atoms with Gasteiger partial charge in [0.2, 0.25) is 15.9 Å². The third-order valence-corrected chi connectivity index (χ3v) is 4.19. The molecule has 0 radical (unpaired) electrons. The summed E-state index contributed by atoms with van der Waals surface area (Å²) in [5.41, 5.74) is 0. The van der Waals surface area contributed by atoms with E-state index in [-0.39, 0.29) is 17.9 Å². The lowest BCUT2D eigenvalue weighted by molar-refractivity contribution is -0.136. The Bertz CT molecular complexity index is 364. The molecule has 1 fully saturated rings. The smallest absolute Gasteiger partial charge is 0.225 e. The quantitative estimate of drug-likeness (QED) is 0.698. The second-order valence-corrected chi connectivity index (χ2v) is 6.60. The number of carbonyl (C=O) groups excluding carboxylic acids is 1. The molecule has 16 heavy (non-hydrogen) atoms. The van der Waals surface area contributed by atoms with Gasteiger partial charge in [0, 0.05) is 31.6 Å². The Balaban J connectivity index is 2.69. The average molecular weight is 248 g/mol. The first kappa shape index (κ1) is 13.4. The molecule has 0 aromatic rings. The Morgan fingerprint density at radius 3 is 2.25 bits per heavy atom. The summed E-state index contributed by atoms with van der Waals surface area (Å²) >= 11 is 0. The Kier molecular flexibility index (Phi) is 3.96. The summed E-state index contributed by atoms with van der Waals surface area (Å²) in [4.78, 5) is 13.5. The van der Waals surface area contributed by atoms with E-state index in [2.05, 4.69) is 0 Å². The van der Waals surface area contributed by atoms with Crippen LogP contribution in [0.5, 0.6) is 0 Å². The molecule has 0 aromatic heterocycles. The zero-order valence-electron chi connectivity index (χ0n) is 10.3. The van der Waals surface area contributed by atoms with Crippen molar-refractivity contribution in [2.45, 2.75) is 26.8 Å². The van der Waals surface area contributed by atoms with Crippen molar-refractivity contribution in [2.24, 2.45) is 5.92 Å². The van der Waals surface area contributed by atoms with E-state index in [1.54, 1.807) is 4.90 Å². The maximum Gasteiger partial charge on any atom is 0.225 e. The van der Waals surface area contributed by atoms with Crippen LogP contribution in [0, 0.1) is 5.92 Å². The zero-order chi connectivity index (χ0) is 12.5. The van der Waals surface area contributed by atoms with Crippen LogP contribution in [0.15, 0.2) is 0 Å². The molecule has 1 heterocycles. The van der Waals surface area contributed by atoms with Crippen LogP contribution in [0.3, 0.4) is 0 Å². The average Bonchev–Trinajstić information content (AvgIpc) is 2.14. The van der Waals surface area contributed by atoms with Gasteiger partial charge in [-0.1, -0.05) is 13.8 Å². The first-order valence-corrected chi connectivity index (χ1v) is 7.34. The summed E-state index contributed by atoms with van der Waals surface area (Å²) in [6, 6.07) is -0.133. The lowest BCUT2D eigenvalue weighted by atomic mass is 10.1. The molecule has 0 saturated carbocycles. The highest BCUT2D eigenvalue weighted by Gasteiger charge is 2.32. The maximum atomic E-state index is 11.8. The molecule has 1 aliphatic rings. The normalized spacial score (nSPS) is 23.8. The highest BCUT2D eigenvalue weighted by atomic mass is 32.2. The number of piperazine rings is 1. The van der Waals surface area contributed by atoms with Crippen molar-refractivity contribution in [2.75, 3.05) is 25.9 Å². The van der Waals surface area contributed by atoms with Crippen LogP contribution in [0.25, 0.3) is 0 Å². The van der Waals surface area contributed by atoms with Crippen molar-refractivity contribution in [1.29, 1.82) is 0 Å². The van der Waals surface area contributed by atoms with Gasteiger partial charge in [0.25, 0.3) is 0 Å². The maximum absolute atomic E-state index is 11.8. The van der Waals surface area contributed by atoms with Gasteiger partial charge < -0.3 is 4.90 Å². The third kappa shape index (κ3) is 2.95. The molecule has 0 aromatic carbocycles. The first-order valence-electron chi connectivity index (χ1n) is 5.49. The highest BCUT2D eigenvalue weighted by Crippen LogP contribution is 2.14. The molecule has 1 atom stereocenters. The lowest BCUT2D eigenvalue weighted by Crippen LogP contribution is -2.55. The van der Waals surface area contributed by atoms with Crippen LogP contribution >= 0.6 is 0 Å². The minimum absolute atomic E-state index is 0.0306. The van der Waals surface area contributed by atoms with Gasteiger partial charge in [-0.25, -0.2) is 8.42 Å². The number of hydrogen-bond donors (Lipinski definition) is 0. The molecule has 94 valence electrons. The lowest BCUT2D eigenvalue weighted by Gasteiger charge is -2.38. The van der Waals surface area contributed by atoms with E-state index in [4.69, 9.17) is 0 Å². The zero-order valence-corrected chi connectivity index (χ0v) is 11.1. The molecule has 0 bridgehead atoms. The van der Waals surface area contributed by atoms with Crippen molar-refractivity contribution in [3.8, 4) is 0 Å². The summed E-state index contributed by atoms with van der Waals surface area (Å²) in [5.74, 6) is 0.0667. The molecule has 0 N–H and O–H groups in total. The standard InChI is InChI=1S/C10H20N2O3S/c1-8(2)10(13)11-5-6-12(9(3)7-11)16(4,14)15/h8-9H,5-7H2,1-4H3/t9-/m0/s1. The van der Waals surface area contributed by atoms with E-state index in [1.165, 1.54) is 10.6 Å². The van der Waals surface area contributed by atoms with Gasteiger partial charge in [-0.3, -0.25) is 4.79 Å². The Morgan fingerprint density at radius 2 is 1.88 bits per heavy atom. The minimum Gasteiger partial charge on any atom is -0.340 e. The number of rotatable bonds is 2. The van der Waals surface area contributed by atoms with Gasteiger partial charge in [0.15, 0.2) is 0 Å². The Hall–Kier alpha value is -0.620. The van der Waals surface area contributed by atoms with Gasteiger partial charge in [-0.15, -0.1) is 0 Å². The SMILES string of the molecule is CC(C)C(=O)N1CCN(S(C)(=O)=O)[C@@H](C)C1. The van der Waals surface area contributed by atoms with Crippen LogP contribution in [-0.4, -0.2) is 55.5 Å². The number of hydrogen-bond acceptors (Lipinski definition) is 3. The highest BCUT2D eigenvalue weighted by molar-refractivity contribution is 7.88. The summed E-state index contributed by atoms with van der Waals surface area (Å²) in [7, 11) is -3.15. The van der Waals surface area contributed by atoms with Gasteiger partial charge in [0.05, 0.1) is 6.26 Å². The largest absolute Gasteiger partial charge is 0.340 e. The molecule has 5 nitrogen and oxygen atoms in total. The van der Waals surface area contributed by atoms with Crippen LogP contribution in [0.2, 0.25) is 0 Å². The summed E-state index contributed by atoms with van der Waals surface area (Å²) in [6.45, 7) is 6.93. The van der Waals surface area contributed by atoms with Crippen LogP contribution < -0.4 is 0 Å². The Morgan fingerprint density at radius 1 is 1.31 bits per heavy atom. The van der Waals surface area contributed by atoms with E-state index in [0.29, 0.717) is 19.6 Å². The first-order chi connectivity index (χ1) is 7.23. The van der Waals surface area contributed by atoms with E-state index in [0.717, 1.165) is 0 Å². The fourth-order valence-electron chi connectivity index (χ4n) is 2.00. The van der Waals surface area contributed by atoms with E-state index in [1.807, 2.05) is 20.8 Å². The van der Waals surface area contributed by atoms with Gasteiger partial charge in [-0.2, -0.15) is 4.31 Å². The van der Waals surface area contributed by atoms with Gasteiger partial charge in [0.1, 0.15) is 0 Å². The molecule has 1 rings (SSSR count). The van der Waals surface area contributed by atoms with Gasteiger partial charge in [-0.05, 0) is 6.92 Å². The van der Waals surface area contributed by atoms with E-state index < -0.39 is 10.0 Å². The molecule has 1 saturated heterocycles. The van der Waals surface area contributed by atoms with Gasteiger partial charge >= 0.3 is 0 Å². The monoisotopic (exact) mass is 248 g/mol. The molecule has 0 spiro atoms. The molecule has 0 aliphatic carbocycles. The van der Waals surface area contributed by atoms with Crippen LogP contribution in [0.4, 0.5) is 0 Å². The predicted molar refractivity (Wildman–Crippen MR) is 62.4 cm³/mol. The fourth-order valence-corrected chi connectivity index (χ4v) is 3.13. The number of amides is 1. The predicted octanol–water partition coefficient (Wildman–Crippen LogP) is 0.135. The molecular formula is C10H20N2O3S. The molecule has 0 unspecified atom stereocenters. The van der Waals surface area contributed by atoms with Crippen molar-refractivity contribution < 1.29 is 13.2 Å². The third-order valence-electron chi connectivity index (χ3n) is 2.80. The number of carbonyl (C=O) groups is 1. The van der Waals surface area contributed by atoms with Crippen molar-refractivity contribution in [1.82, 2.24) is 9.21 Å². The number of sulfonamides is 1. The fraction of sp³-hybridized carbons (Fsp3) is 0.900. The van der Waals surface area contributed by atoms with E-state index >= 15 is 0 Å². The molecule has 1 aliphatic heterocycles. The van der Waals surface area contributed by atoms with Crippen LogP contribution in [-0.2, 0) is 14.8 Å². The summed E-state index contributed by atoms with van der Waals surface area (Å²) in [5, 5.41) is 0. The molecular weight excluding hydrogens is 228 g/mol. The molecule has 6 heteroatoms. The van der Waals surface area contributed by atoms with Crippen molar-refractivity contribution >= 4 is 15.9 Å². The van der Waals surface area contributed by atoms with Crippen molar-refractivity contribution in [3.63, 3.8) is 0 Å². The van der Waals surface area contributed by atoms with Crippen molar-refractivity contribution in [3.05, 3.63) is 0 Å². The second-order valence-electron chi connectivity index (χ2n) is 4.66. The summed E-state index contributed by atoms with van der Waals surface area (Å²) in [6.07, 6.45) is 1.21. The topological polar surface area (TPSA) is 57.7 Å². The van der Waals surface area contributed by atoms with E-state index in [9.17, 15) is 13.2 Å².